The first-order valence-electron chi connectivity index (χ1n) is 8.55. The lowest BCUT2D eigenvalue weighted by molar-refractivity contribution is 0.363. The zero-order chi connectivity index (χ0) is 17.5. The third-order valence-electron chi connectivity index (χ3n) is 4.52. The molecule has 25 heavy (non-hydrogen) atoms. The summed E-state index contributed by atoms with van der Waals surface area (Å²) in [6.07, 6.45) is 9.97. The lowest BCUT2D eigenvalue weighted by atomic mass is 9.89. The molecular formula is C20H23N3OS. The van der Waals surface area contributed by atoms with Gasteiger partial charge in [-0.05, 0) is 67.0 Å². The van der Waals surface area contributed by atoms with E-state index in [0.717, 1.165) is 24.3 Å². The van der Waals surface area contributed by atoms with Crippen LogP contribution in [-0.4, -0.2) is 16.7 Å². The van der Waals surface area contributed by atoms with Crippen molar-refractivity contribution in [3.63, 3.8) is 0 Å². The van der Waals surface area contributed by atoms with Crippen molar-refractivity contribution in [1.82, 2.24) is 10.3 Å². The molecule has 3 rings (SSSR count). The summed E-state index contributed by atoms with van der Waals surface area (Å²) in [5.41, 5.74) is 2.09. The van der Waals surface area contributed by atoms with Crippen LogP contribution in [0.25, 0.3) is 0 Å². The van der Waals surface area contributed by atoms with E-state index in [2.05, 4.69) is 34.3 Å². The normalized spacial score (nSPS) is 15.4. The Hall–Kier alpha value is -2.40. The Morgan fingerprint density at radius 1 is 1.16 bits per heavy atom. The molecule has 0 aliphatic heterocycles. The zero-order valence-corrected chi connectivity index (χ0v) is 15.0. The first-order chi connectivity index (χ1) is 12.2. The van der Waals surface area contributed by atoms with Gasteiger partial charge in [-0.15, -0.1) is 0 Å². The molecule has 1 saturated carbocycles. The highest BCUT2D eigenvalue weighted by atomic mass is 32.1. The fraction of sp³-hybridized carbons (Fsp3) is 0.300. The van der Waals surface area contributed by atoms with E-state index in [9.17, 15) is 0 Å². The number of nitrogens with zero attached hydrogens (tertiary/aromatic N) is 1. The molecule has 2 N–H and O–H groups in total. The third kappa shape index (κ3) is 4.37. The van der Waals surface area contributed by atoms with Crippen molar-refractivity contribution < 1.29 is 4.74 Å². The number of nitrogens with one attached hydrogen (secondary N) is 2. The van der Waals surface area contributed by atoms with Crippen LogP contribution in [0.5, 0.6) is 5.75 Å². The number of ether oxygens (including phenoxy) is 1. The van der Waals surface area contributed by atoms with Crippen LogP contribution < -0.4 is 15.4 Å². The molecule has 0 unspecified atom stereocenters. The maximum atomic E-state index is 5.56. The van der Waals surface area contributed by atoms with Crippen molar-refractivity contribution in [3.8, 4) is 5.75 Å². The second-order valence-corrected chi connectivity index (χ2v) is 6.64. The molecule has 0 atom stereocenters. The fourth-order valence-electron chi connectivity index (χ4n) is 3.30. The highest BCUT2D eigenvalue weighted by Crippen LogP contribution is 2.38. The van der Waals surface area contributed by atoms with Crippen molar-refractivity contribution in [1.29, 1.82) is 0 Å². The number of benzene rings is 1. The smallest absolute Gasteiger partial charge is 0.171 e. The van der Waals surface area contributed by atoms with Gasteiger partial charge >= 0.3 is 0 Å². The molecule has 0 amide bonds. The van der Waals surface area contributed by atoms with E-state index >= 15 is 0 Å². The summed E-state index contributed by atoms with van der Waals surface area (Å²) in [4.78, 5) is 4.13. The van der Waals surface area contributed by atoms with E-state index in [1.807, 2.05) is 36.7 Å². The van der Waals surface area contributed by atoms with E-state index < -0.39 is 0 Å². The molecule has 0 spiro atoms. The number of hydrogen-bond acceptors (Lipinski definition) is 3. The van der Waals surface area contributed by atoms with Crippen LogP contribution in [0, 0.1) is 0 Å². The van der Waals surface area contributed by atoms with Gasteiger partial charge in [0.1, 0.15) is 12.4 Å². The molecule has 0 saturated heterocycles. The molecule has 0 bridgehead atoms. The van der Waals surface area contributed by atoms with Crippen LogP contribution in [0.1, 0.15) is 31.2 Å². The minimum absolute atomic E-state index is 0.0972. The Labute approximate surface area is 154 Å². The Morgan fingerprint density at radius 3 is 2.48 bits per heavy atom. The minimum atomic E-state index is -0.0972. The van der Waals surface area contributed by atoms with Gasteiger partial charge in [-0.25, -0.2) is 0 Å². The second-order valence-electron chi connectivity index (χ2n) is 6.23. The SMILES string of the molecule is C=CCOc1ccc(NC(=S)NC2(c3ccncc3)CCCC2)cc1. The molecule has 130 valence electrons. The number of pyridine rings is 1. The monoisotopic (exact) mass is 353 g/mol. The average Bonchev–Trinajstić information content (AvgIpc) is 3.11. The van der Waals surface area contributed by atoms with E-state index in [1.54, 1.807) is 6.08 Å². The Kier molecular flexibility index (Phi) is 5.66. The summed E-state index contributed by atoms with van der Waals surface area (Å²) >= 11 is 5.56. The summed E-state index contributed by atoms with van der Waals surface area (Å²) in [5, 5.41) is 7.47. The predicted molar refractivity (Wildman–Crippen MR) is 106 cm³/mol. The first-order valence-corrected chi connectivity index (χ1v) is 8.96. The summed E-state index contributed by atoms with van der Waals surface area (Å²) in [5.74, 6) is 0.813. The number of aromatic nitrogens is 1. The minimum Gasteiger partial charge on any atom is -0.490 e. The second kappa shape index (κ2) is 8.12. The van der Waals surface area contributed by atoms with Crippen LogP contribution in [0.15, 0.2) is 61.4 Å². The van der Waals surface area contributed by atoms with Gasteiger partial charge in [0, 0.05) is 18.1 Å². The van der Waals surface area contributed by atoms with Crippen LogP contribution in [0.3, 0.4) is 0 Å². The van der Waals surface area contributed by atoms with Crippen molar-refractivity contribution in [2.45, 2.75) is 31.2 Å². The van der Waals surface area contributed by atoms with Gasteiger partial charge < -0.3 is 15.4 Å². The molecule has 1 aliphatic rings. The maximum Gasteiger partial charge on any atom is 0.171 e. The molecule has 5 heteroatoms. The Balaban J connectivity index is 1.65. The third-order valence-corrected chi connectivity index (χ3v) is 4.73. The van der Waals surface area contributed by atoms with Gasteiger partial charge in [-0.2, -0.15) is 0 Å². The Morgan fingerprint density at radius 2 is 1.84 bits per heavy atom. The van der Waals surface area contributed by atoms with Gasteiger partial charge in [0.25, 0.3) is 0 Å². The molecule has 1 fully saturated rings. The van der Waals surface area contributed by atoms with Crippen LogP contribution in [0.2, 0.25) is 0 Å². The van der Waals surface area contributed by atoms with Crippen molar-refractivity contribution in [2.75, 3.05) is 11.9 Å². The topological polar surface area (TPSA) is 46.2 Å². The fourth-order valence-corrected chi connectivity index (χ4v) is 3.62. The van der Waals surface area contributed by atoms with E-state index in [0.29, 0.717) is 11.7 Å². The average molecular weight is 353 g/mol. The highest BCUT2D eigenvalue weighted by molar-refractivity contribution is 7.80. The summed E-state index contributed by atoms with van der Waals surface area (Å²) in [6.45, 7) is 4.15. The molecule has 1 aromatic heterocycles. The van der Waals surface area contributed by atoms with Crippen LogP contribution in [0.4, 0.5) is 5.69 Å². The Bertz CT molecular complexity index is 709. The number of hydrogen-bond donors (Lipinski definition) is 2. The zero-order valence-electron chi connectivity index (χ0n) is 14.2. The number of anilines is 1. The molecular weight excluding hydrogens is 330 g/mol. The van der Waals surface area contributed by atoms with E-state index in [1.165, 1.54) is 18.4 Å². The summed E-state index contributed by atoms with van der Waals surface area (Å²) in [6, 6.07) is 11.9. The number of rotatable bonds is 6. The molecule has 2 aromatic rings. The van der Waals surface area contributed by atoms with Gasteiger partial charge in [-0.1, -0.05) is 25.5 Å². The van der Waals surface area contributed by atoms with Gasteiger partial charge in [0.15, 0.2) is 5.11 Å². The van der Waals surface area contributed by atoms with Crippen LogP contribution >= 0.6 is 12.2 Å². The lowest BCUT2D eigenvalue weighted by Crippen LogP contribution is -2.45. The van der Waals surface area contributed by atoms with Gasteiger partial charge in [0.2, 0.25) is 0 Å². The molecule has 1 aliphatic carbocycles. The van der Waals surface area contributed by atoms with E-state index in [-0.39, 0.29) is 5.54 Å². The molecule has 0 radical (unpaired) electrons. The van der Waals surface area contributed by atoms with Crippen molar-refractivity contribution >= 4 is 23.0 Å². The molecule has 4 nitrogen and oxygen atoms in total. The largest absolute Gasteiger partial charge is 0.490 e. The quantitative estimate of drug-likeness (QED) is 0.595. The lowest BCUT2D eigenvalue weighted by Gasteiger charge is -2.32. The van der Waals surface area contributed by atoms with Gasteiger partial charge in [0.05, 0.1) is 5.54 Å². The maximum absolute atomic E-state index is 5.56. The van der Waals surface area contributed by atoms with Crippen LogP contribution in [-0.2, 0) is 5.54 Å². The van der Waals surface area contributed by atoms with Crippen molar-refractivity contribution in [3.05, 3.63) is 67.0 Å². The first kappa shape index (κ1) is 17.4. The standard InChI is InChI=1S/C20H23N3OS/c1-2-15-24-18-7-5-17(6-8-18)22-19(25)23-20(11-3-4-12-20)16-9-13-21-14-10-16/h2,5-10,13-14H,1,3-4,11-12,15H2,(H2,22,23,25). The van der Waals surface area contributed by atoms with E-state index in [4.69, 9.17) is 17.0 Å². The predicted octanol–water partition coefficient (Wildman–Crippen LogP) is 4.40. The number of thiocarbonyl (C=S) groups is 1. The highest BCUT2D eigenvalue weighted by Gasteiger charge is 2.36. The summed E-state index contributed by atoms with van der Waals surface area (Å²) in [7, 11) is 0. The molecule has 1 aromatic carbocycles. The van der Waals surface area contributed by atoms with Crippen molar-refractivity contribution in [2.24, 2.45) is 0 Å². The summed E-state index contributed by atoms with van der Waals surface area (Å²) < 4.78 is 5.50. The molecule has 1 heterocycles. The van der Waals surface area contributed by atoms with Gasteiger partial charge in [-0.3, -0.25) is 4.98 Å².